The van der Waals surface area contributed by atoms with Crippen LogP contribution in [0.1, 0.15) is 5.56 Å². The van der Waals surface area contributed by atoms with E-state index in [-0.39, 0.29) is 18.9 Å². The van der Waals surface area contributed by atoms with E-state index >= 15 is 0 Å². The molecule has 0 saturated heterocycles. The Balaban J connectivity index is 2.63. The van der Waals surface area contributed by atoms with E-state index in [1.54, 1.807) is 18.2 Å². The Morgan fingerprint density at radius 1 is 1.39 bits per heavy atom. The summed E-state index contributed by atoms with van der Waals surface area (Å²) in [4.78, 5) is 22.4. The van der Waals surface area contributed by atoms with Gasteiger partial charge in [-0.1, -0.05) is 11.6 Å². The Kier molecular flexibility index (Phi) is 5.45. The monoisotopic (exact) mass is 271 g/mol. The van der Waals surface area contributed by atoms with E-state index in [1.807, 2.05) is 0 Å². The highest BCUT2D eigenvalue weighted by Crippen LogP contribution is 2.23. The Bertz CT molecular complexity index is 448. The molecule has 0 aliphatic heterocycles. The van der Waals surface area contributed by atoms with Crippen LogP contribution in [0.2, 0.25) is 5.02 Å². The number of rotatable bonds is 5. The van der Waals surface area contributed by atoms with E-state index < -0.39 is 5.97 Å². The maximum Gasteiger partial charge on any atom is 0.310 e. The Labute approximate surface area is 110 Å². The topological polar surface area (TPSA) is 64.6 Å². The van der Waals surface area contributed by atoms with Gasteiger partial charge in [0.1, 0.15) is 5.75 Å². The van der Waals surface area contributed by atoms with E-state index in [1.165, 1.54) is 14.2 Å². The van der Waals surface area contributed by atoms with E-state index in [2.05, 4.69) is 5.32 Å². The number of likely N-dealkylation sites (N-methyl/N-ethyl adjacent to an activating group) is 1. The molecule has 5 nitrogen and oxygen atoms in total. The predicted octanol–water partition coefficient (Wildman–Crippen LogP) is 1.18. The van der Waals surface area contributed by atoms with Crippen molar-refractivity contribution in [2.45, 2.75) is 6.42 Å². The quantitative estimate of drug-likeness (QED) is 0.817. The van der Waals surface area contributed by atoms with Crippen molar-refractivity contribution in [2.75, 3.05) is 20.8 Å². The first-order valence-corrected chi connectivity index (χ1v) is 5.63. The number of nitrogens with one attached hydrogen (secondary N) is 1. The van der Waals surface area contributed by atoms with E-state index in [0.29, 0.717) is 16.3 Å². The van der Waals surface area contributed by atoms with Crippen LogP contribution < -0.4 is 10.1 Å². The zero-order valence-electron chi connectivity index (χ0n) is 10.2. The lowest BCUT2D eigenvalue weighted by molar-refractivity contribution is -0.147. The molecular formula is C12H14ClNO4. The minimum absolute atomic E-state index is 0.000722. The van der Waals surface area contributed by atoms with Crippen LogP contribution in [0.4, 0.5) is 0 Å². The van der Waals surface area contributed by atoms with Crippen molar-refractivity contribution in [3.63, 3.8) is 0 Å². The molecule has 0 bridgehead atoms. The molecule has 0 aliphatic carbocycles. The lowest BCUT2D eigenvalue weighted by Gasteiger charge is -2.08. The van der Waals surface area contributed by atoms with Gasteiger partial charge in [-0.3, -0.25) is 9.59 Å². The van der Waals surface area contributed by atoms with Gasteiger partial charge in [0.25, 0.3) is 5.91 Å². The molecule has 1 rings (SSSR count). The summed E-state index contributed by atoms with van der Waals surface area (Å²) in [5, 5.41) is 2.86. The molecule has 1 aromatic carbocycles. The van der Waals surface area contributed by atoms with Crippen molar-refractivity contribution in [2.24, 2.45) is 0 Å². The number of carbonyl (C=O) groups excluding carboxylic acids is 2. The number of benzene rings is 1. The molecule has 18 heavy (non-hydrogen) atoms. The highest BCUT2D eigenvalue weighted by Gasteiger charge is 2.11. The maximum absolute atomic E-state index is 11.5. The number of amides is 1. The van der Waals surface area contributed by atoms with Crippen LogP contribution in [-0.4, -0.2) is 32.6 Å². The Morgan fingerprint density at radius 3 is 2.72 bits per heavy atom. The molecule has 0 unspecified atom stereocenters. The third kappa shape index (κ3) is 4.25. The smallest absolute Gasteiger partial charge is 0.310 e. The molecule has 0 heterocycles. The fourth-order valence-electron chi connectivity index (χ4n) is 1.31. The third-order valence-electron chi connectivity index (χ3n) is 2.22. The van der Waals surface area contributed by atoms with E-state index in [4.69, 9.17) is 21.1 Å². The maximum atomic E-state index is 11.5. The third-order valence-corrected chi connectivity index (χ3v) is 2.46. The second kappa shape index (κ2) is 6.86. The predicted molar refractivity (Wildman–Crippen MR) is 66.7 cm³/mol. The first-order chi connectivity index (χ1) is 8.56. The zero-order valence-corrected chi connectivity index (χ0v) is 10.9. The summed E-state index contributed by atoms with van der Waals surface area (Å²) >= 11 is 5.84. The summed E-state index contributed by atoms with van der Waals surface area (Å²) in [5.41, 5.74) is 0.618. The van der Waals surface area contributed by atoms with Crippen LogP contribution >= 0.6 is 11.6 Å². The Morgan fingerprint density at radius 2 is 2.11 bits per heavy atom. The molecule has 6 heteroatoms. The molecule has 1 N–H and O–H groups in total. The van der Waals surface area contributed by atoms with Crippen molar-refractivity contribution >= 4 is 23.5 Å². The zero-order chi connectivity index (χ0) is 13.5. The van der Waals surface area contributed by atoms with Gasteiger partial charge >= 0.3 is 5.97 Å². The SMILES string of the molecule is CNC(=O)COC(=O)Cc1cc(Cl)ccc1OC. The van der Waals surface area contributed by atoms with Crippen LogP contribution in [0.5, 0.6) is 5.75 Å². The minimum Gasteiger partial charge on any atom is -0.496 e. The molecule has 1 amide bonds. The summed E-state index contributed by atoms with van der Waals surface area (Å²) < 4.78 is 9.89. The van der Waals surface area contributed by atoms with Crippen molar-refractivity contribution < 1.29 is 19.1 Å². The number of methoxy groups -OCH3 is 1. The largest absolute Gasteiger partial charge is 0.496 e. The lowest BCUT2D eigenvalue weighted by Crippen LogP contribution is -2.25. The normalized spacial score (nSPS) is 9.72. The van der Waals surface area contributed by atoms with Gasteiger partial charge in [0.05, 0.1) is 13.5 Å². The summed E-state index contributed by atoms with van der Waals surface area (Å²) in [5.74, 6) is -0.322. The standard InChI is InChI=1S/C12H14ClNO4/c1-14-11(15)7-18-12(16)6-8-5-9(13)3-4-10(8)17-2/h3-5H,6-7H2,1-2H3,(H,14,15). The summed E-state index contributed by atoms with van der Waals surface area (Å²) in [6.45, 7) is -0.293. The highest BCUT2D eigenvalue weighted by molar-refractivity contribution is 6.30. The van der Waals surface area contributed by atoms with Gasteiger partial charge in [-0.05, 0) is 18.2 Å². The van der Waals surface area contributed by atoms with Gasteiger partial charge in [0.15, 0.2) is 6.61 Å². The molecule has 0 radical (unpaired) electrons. The molecule has 98 valence electrons. The molecule has 0 saturated carbocycles. The molecule has 1 aromatic rings. The van der Waals surface area contributed by atoms with Crippen molar-refractivity contribution in [1.82, 2.24) is 5.32 Å². The molecule has 0 aliphatic rings. The highest BCUT2D eigenvalue weighted by atomic mass is 35.5. The summed E-state index contributed by atoms with van der Waals surface area (Å²) in [7, 11) is 2.97. The first-order valence-electron chi connectivity index (χ1n) is 5.25. The number of hydrogen-bond acceptors (Lipinski definition) is 4. The van der Waals surface area contributed by atoms with Gasteiger partial charge in [0.2, 0.25) is 0 Å². The second-order valence-electron chi connectivity index (χ2n) is 3.47. The molecule has 0 fully saturated rings. The first kappa shape index (κ1) is 14.3. The van der Waals surface area contributed by atoms with E-state index in [0.717, 1.165) is 0 Å². The molecule has 0 spiro atoms. The van der Waals surface area contributed by atoms with Crippen LogP contribution in [0.15, 0.2) is 18.2 Å². The molecule has 0 aromatic heterocycles. The number of esters is 1. The second-order valence-corrected chi connectivity index (χ2v) is 3.90. The van der Waals surface area contributed by atoms with Gasteiger partial charge in [-0.25, -0.2) is 0 Å². The van der Waals surface area contributed by atoms with Gasteiger partial charge in [-0.2, -0.15) is 0 Å². The molecular weight excluding hydrogens is 258 g/mol. The van der Waals surface area contributed by atoms with E-state index in [9.17, 15) is 9.59 Å². The van der Waals surface area contributed by atoms with Crippen molar-refractivity contribution in [3.8, 4) is 5.75 Å². The van der Waals surface area contributed by atoms with Gasteiger partial charge in [-0.15, -0.1) is 0 Å². The Hall–Kier alpha value is -1.75. The summed E-state index contributed by atoms with van der Waals surface area (Å²) in [6, 6.07) is 4.96. The van der Waals surface area contributed by atoms with Crippen LogP contribution in [0, 0.1) is 0 Å². The number of ether oxygens (including phenoxy) is 2. The van der Waals surface area contributed by atoms with Crippen molar-refractivity contribution in [1.29, 1.82) is 0 Å². The average Bonchev–Trinajstić information content (AvgIpc) is 2.36. The van der Waals surface area contributed by atoms with Crippen molar-refractivity contribution in [3.05, 3.63) is 28.8 Å². The average molecular weight is 272 g/mol. The van der Waals surface area contributed by atoms with Crippen LogP contribution in [0.25, 0.3) is 0 Å². The van der Waals surface area contributed by atoms with Crippen LogP contribution in [0.3, 0.4) is 0 Å². The van der Waals surface area contributed by atoms with Gasteiger partial charge in [0, 0.05) is 17.6 Å². The number of hydrogen-bond donors (Lipinski definition) is 1. The molecule has 0 atom stereocenters. The van der Waals surface area contributed by atoms with Crippen LogP contribution in [-0.2, 0) is 20.7 Å². The fraction of sp³-hybridized carbons (Fsp3) is 0.333. The fourth-order valence-corrected chi connectivity index (χ4v) is 1.50. The van der Waals surface area contributed by atoms with Gasteiger partial charge < -0.3 is 14.8 Å². The number of carbonyl (C=O) groups is 2. The summed E-state index contributed by atoms with van der Waals surface area (Å²) in [6.07, 6.45) is 0.000722. The lowest BCUT2D eigenvalue weighted by atomic mass is 10.1. The number of halogens is 1. The minimum atomic E-state index is -0.515.